The van der Waals surface area contributed by atoms with Crippen LogP contribution in [-0.2, 0) is 11.3 Å². The van der Waals surface area contributed by atoms with Gasteiger partial charge in [0.1, 0.15) is 5.01 Å². The molecule has 0 spiro atoms. The Hall–Kier alpha value is -0.210. The molecule has 94 valence electrons. The Bertz CT molecular complexity index is 396. The predicted octanol–water partition coefficient (Wildman–Crippen LogP) is 1.85. The van der Waals surface area contributed by atoms with Gasteiger partial charge in [0, 0.05) is 32.1 Å². The van der Waals surface area contributed by atoms with Crippen molar-refractivity contribution in [3.63, 3.8) is 0 Å². The van der Waals surface area contributed by atoms with E-state index in [4.69, 9.17) is 0 Å². The Morgan fingerprint density at radius 2 is 2.53 bits per heavy atom. The van der Waals surface area contributed by atoms with Crippen molar-refractivity contribution in [1.29, 1.82) is 0 Å². The highest BCUT2D eigenvalue weighted by atomic mass is 127. The average molecular weight is 365 g/mol. The van der Waals surface area contributed by atoms with Gasteiger partial charge in [-0.15, -0.1) is 11.3 Å². The molecule has 1 aromatic rings. The summed E-state index contributed by atoms with van der Waals surface area (Å²) in [4.78, 5) is 17.7. The molecule has 1 saturated heterocycles. The van der Waals surface area contributed by atoms with Crippen LogP contribution in [0.4, 0.5) is 0 Å². The number of nitrogens with zero attached hydrogens (tertiary/aromatic N) is 2. The van der Waals surface area contributed by atoms with Crippen molar-refractivity contribution in [3.05, 3.63) is 14.1 Å². The van der Waals surface area contributed by atoms with Gasteiger partial charge < -0.3 is 10.2 Å². The summed E-state index contributed by atoms with van der Waals surface area (Å²) in [6.45, 7) is 4.63. The lowest BCUT2D eigenvalue weighted by atomic mass is 10.3. The number of aromatic nitrogens is 1. The van der Waals surface area contributed by atoms with Gasteiger partial charge in [0.25, 0.3) is 0 Å². The van der Waals surface area contributed by atoms with Gasteiger partial charge in [-0.3, -0.25) is 4.79 Å². The van der Waals surface area contributed by atoms with Gasteiger partial charge in [-0.1, -0.05) is 0 Å². The molecule has 4 nitrogen and oxygen atoms in total. The Balaban J connectivity index is 1.73. The zero-order valence-electron chi connectivity index (χ0n) is 9.78. The molecule has 0 bridgehead atoms. The van der Waals surface area contributed by atoms with Gasteiger partial charge >= 0.3 is 0 Å². The number of thiazole rings is 1. The molecule has 1 atom stereocenters. The van der Waals surface area contributed by atoms with E-state index in [1.807, 2.05) is 11.1 Å². The van der Waals surface area contributed by atoms with Crippen LogP contribution in [-0.4, -0.2) is 34.9 Å². The summed E-state index contributed by atoms with van der Waals surface area (Å²) in [5.41, 5.74) is 0. The molecule has 6 heteroatoms. The normalized spacial score (nSPS) is 17.8. The van der Waals surface area contributed by atoms with Crippen molar-refractivity contribution < 1.29 is 4.79 Å². The third kappa shape index (κ3) is 3.89. The fourth-order valence-corrected chi connectivity index (χ4v) is 3.42. The molecule has 0 saturated carbocycles. The molecule has 1 aromatic heterocycles. The summed E-state index contributed by atoms with van der Waals surface area (Å²) >= 11 is 3.98. The van der Waals surface area contributed by atoms with Crippen molar-refractivity contribution in [3.8, 4) is 0 Å². The lowest BCUT2D eigenvalue weighted by Gasteiger charge is -2.21. The van der Waals surface area contributed by atoms with Crippen LogP contribution in [0.3, 0.4) is 0 Å². The summed E-state index contributed by atoms with van der Waals surface area (Å²) in [7, 11) is 0. The molecule has 0 radical (unpaired) electrons. The van der Waals surface area contributed by atoms with Crippen LogP contribution in [0.15, 0.2) is 6.20 Å². The number of amides is 1. The van der Waals surface area contributed by atoms with E-state index in [0.29, 0.717) is 11.9 Å². The van der Waals surface area contributed by atoms with Crippen molar-refractivity contribution in [2.45, 2.75) is 32.4 Å². The van der Waals surface area contributed by atoms with Crippen molar-refractivity contribution >= 4 is 39.8 Å². The van der Waals surface area contributed by atoms with Crippen LogP contribution >= 0.6 is 33.9 Å². The zero-order valence-corrected chi connectivity index (χ0v) is 12.8. The molecule has 0 aliphatic carbocycles. The molecule has 1 N–H and O–H groups in total. The van der Waals surface area contributed by atoms with E-state index in [1.165, 1.54) is 2.88 Å². The van der Waals surface area contributed by atoms with Crippen LogP contribution in [0.2, 0.25) is 0 Å². The summed E-state index contributed by atoms with van der Waals surface area (Å²) in [5.74, 6) is 0.294. The molecule has 1 unspecified atom stereocenters. The summed E-state index contributed by atoms with van der Waals surface area (Å²) < 4.78 is 1.21. The van der Waals surface area contributed by atoms with E-state index in [-0.39, 0.29) is 0 Å². The molecular formula is C11H16IN3OS. The minimum absolute atomic E-state index is 0.294. The highest BCUT2D eigenvalue weighted by Crippen LogP contribution is 2.15. The van der Waals surface area contributed by atoms with Crippen molar-refractivity contribution in [2.24, 2.45) is 0 Å². The number of rotatable bonds is 5. The topological polar surface area (TPSA) is 45.2 Å². The van der Waals surface area contributed by atoms with E-state index in [0.717, 1.165) is 37.5 Å². The fraction of sp³-hybridized carbons (Fsp3) is 0.636. The third-order valence-electron chi connectivity index (χ3n) is 2.79. The van der Waals surface area contributed by atoms with Gasteiger partial charge in [0.15, 0.2) is 0 Å². The van der Waals surface area contributed by atoms with Gasteiger partial charge in [0.05, 0.1) is 9.08 Å². The zero-order chi connectivity index (χ0) is 12.3. The lowest BCUT2D eigenvalue weighted by molar-refractivity contribution is -0.127. The van der Waals surface area contributed by atoms with Gasteiger partial charge in [-0.25, -0.2) is 4.98 Å². The molecule has 1 fully saturated rings. The minimum atomic E-state index is 0.294. The van der Waals surface area contributed by atoms with Crippen LogP contribution in [0.1, 0.15) is 24.8 Å². The lowest BCUT2D eigenvalue weighted by Crippen LogP contribution is -2.39. The van der Waals surface area contributed by atoms with Crippen molar-refractivity contribution in [2.75, 3.05) is 13.1 Å². The number of carbonyl (C=O) groups is 1. The fourth-order valence-electron chi connectivity index (χ4n) is 1.92. The summed E-state index contributed by atoms with van der Waals surface area (Å²) in [5, 5.41) is 4.52. The molecule has 1 aliphatic heterocycles. The van der Waals surface area contributed by atoms with Crippen LogP contribution in [0, 0.1) is 2.88 Å². The van der Waals surface area contributed by atoms with E-state index >= 15 is 0 Å². The Labute approximate surface area is 119 Å². The highest BCUT2D eigenvalue weighted by molar-refractivity contribution is 14.1. The van der Waals surface area contributed by atoms with E-state index in [2.05, 4.69) is 39.8 Å². The maximum Gasteiger partial charge on any atom is 0.222 e. The van der Waals surface area contributed by atoms with E-state index < -0.39 is 0 Å². The SMILES string of the molecule is CC(CN1CCCC1=O)NCc1ncc(I)s1. The molecule has 17 heavy (non-hydrogen) atoms. The second-order valence-corrected chi connectivity index (χ2v) is 7.29. The number of nitrogens with one attached hydrogen (secondary N) is 1. The molecule has 1 amide bonds. The van der Waals surface area contributed by atoms with Crippen LogP contribution in [0.25, 0.3) is 0 Å². The molecular weight excluding hydrogens is 349 g/mol. The second kappa shape index (κ2) is 6.10. The molecule has 1 aliphatic rings. The summed E-state index contributed by atoms with van der Waals surface area (Å²) in [6, 6.07) is 0.318. The first kappa shape index (κ1) is 13.2. The average Bonchev–Trinajstić information content (AvgIpc) is 2.86. The first-order valence-electron chi connectivity index (χ1n) is 5.76. The Kier molecular flexibility index (Phi) is 4.75. The quantitative estimate of drug-likeness (QED) is 0.811. The van der Waals surface area contributed by atoms with Gasteiger partial charge in [0.2, 0.25) is 5.91 Å². The number of hydrogen-bond acceptors (Lipinski definition) is 4. The first-order valence-corrected chi connectivity index (χ1v) is 7.66. The second-order valence-electron chi connectivity index (χ2n) is 4.28. The largest absolute Gasteiger partial charge is 0.341 e. The number of likely N-dealkylation sites (tertiary alicyclic amines) is 1. The Morgan fingerprint density at radius 1 is 1.71 bits per heavy atom. The highest BCUT2D eigenvalue weighted by Gasteiger charge is 2.21. The predicted molar refractivity (Wildman–Crippen MR) is 76.9 cm³/mol. The maximum atomic E-state index is 11.5. The number of hydrogen-bond donors (Lipinski definition) is 1. The van der Waals surface area contributed by atoms with Crippen LogP contribution < -0.4 is 5.32 Å². The monoisotopic (exact) mass is 365 g/mol. The van der Waals surface area contributed by atoms with Gasteiger partial charge in [-0.05, 0) is 35.9 Å². The molecule has 2 heterocycles. The minimum Gasteiger partial charge on any atom is -0.341 e. The van der Waals surface area contributed by atoms with Crippen molar-refractivity contribution in [1.82, 2.24) is 15.2 Å². The number of carbonyl (C=O) groups excluding carboxylic acids is 1. The van der Waals surface area contributed by atoms with Gasteiger partial charge in [-0.2, -0.15) is 0 Å². The first-order chi connectivity index (χ1) is 8.15. The van der Waals surface area contributed by atoms with E-state index in [1.54, 1.807) is 11.3 Å². The molecule has 0 aromatic carbocycles. The standard InChI is InChI=1S/C11H16IN3OS/c1-8(7-15-4-2-3-11(15)16)13-6-10-14-5-9(12)17-10/h5,8,13H,2-4,6-7H2,1H3. The maximum absolute atomic E-state index is 11.5. The Morgan fingerprint density at radius 3 is 3.12 bits per heavy atom. The van der Waals surface area contributed by atoms with Crippen LogP contribution in [0.5, 0.6) is 0 Å². The molecule has 2 rings (SSSR count). The summed E-state index contributed by atoms with van der Waals surface area (Å²) in [6.07, 6.45) is 3.62. The van der Waals surface area contributed by atoms with E-state index in [9.17, 15) is 4.79 Å². The number of halogens is 1. The smallest absolute Gasteiger partial charge is 0.222 e. The third-order valence-corrected chi connectivity index (χ3v) is 4.52.